The lowest BCUT2D eigenvalue weighted by molar-refractivity contribution is 0.0980. The van der Waals surface area contributed by atoms with Crippen molar-refractivity contribution >= 4 is 11.5 Å². The number of terminal acetylenes is 1. The molecule has 1 aromatic carbocycles. The third-order valence-corrected chi connectivity index (χ3v) is 2.90. The molecule has 0 fully saturated rings. The number of para-hydroxylation sites is 1. The number of Topliss-reactive ketones (excluding diaryl/α,β-unsaturated/α-hetero) is 1. The predicted molar refractivity (Wildman–Crippen MR) is 65.7 cm³/mol. The van der Waals surface area contributed by atoms with E-state index in [0.29, 0.717) is 6.42 Å². The van der Waals surface area contributed by atoms with Crippen LogP contribution in [0.5, 0.6) is 0 Å². The van der Waals surface area contributed by atoms with Gasteiger partial charge < -0.3 is 4.90 Å². The topological polar surface area (TPSA) is 20.3 Å². The number of ketones is 1. The van der Waals surface area contributed by atoms with Gasteiger partial charge in [0.15, 0.2) is 5.78 Å². The van der Waals surface area contributed by atoms with Gasteiger partial charge >= 0.3 is 0 Å². The molecule has 0 amide bonds. The summed E-state index contributed by atoms with van der Waals surface area (Å²) in [5.41, 5.74) is 1.92. The molecule has 0 aliphatic carbocycles. The van der Waals surface area contributed by atoms with Gasteiger partial charge in [-0.2, -0.15) is 0 Å². The zero-order valence-corrected chi connectivity index (χ0v) is 9.28. The number of hydrogen-bond donors (Lipinski definition) is 0. The first kappa shape index (κ1) is 10.8. The summed E-state index contributed by atoms with van der Waals surface area (Å²) in [4.78, 5) is 14.0. The fourth-order valence-corrected chi connectivity index (χ4v) is 2.08. The van der Waals surface area contributed by atoms with Crippen molar-refractivity contribution in [2.24, 2.45) is 0 Å². The van der Waals surface area contributed by atoms with E-state index in [-0.39, 0.29) is 5.78 Å². The van der Waals surface area contributed by atoms with E-state index >= 15 is 0 Å². The second-order valence-electron chi connectivity index (χ2n) is 3.99. The Kier molecular flexibility index (Phi) is 3.26. The van der Waals surface area contributed by atoms with Gasteiger partial charge in [0.1, 0.15) is 0 Å². The Balaban J connectivity index is 2.15. The van der Waals surface area contributed by atoms with E-state index in [1.807, 2.05) is 24.3 Å². The highest BCUT2D eigenvalue weighted by molar-refractivity contribution is 6.03. The Morgan fingerprint density at radius 1 is 1.38 bits per heavy atom. The van der Waals surface area contributed by atoms with Crippen LogP contribution in [0.3, 0.4) is 0 Å². The van der Waals surface area contributed by atoms with Gasteiger partial charge in [-0.05, 0) is 18.6 Å². The lowest BCUT2D eigenvalue weighted by Gasteiger charge is -2.30. The summed E-state index contributed by atoms with van der Waals surface area (Å²) < 4.78 is 0. The number of benzene rings is 1. The summed E-state index contributed by atoms with van der Waals surface area (Å²) in [6.07, 6.45) is 7.64. The monoisotopic (exact) mass is 213 g/mol. The van der Waals surface area contributed by atoms with E-state index in [1.54, 1.807) is 0 Å². The molecule has 1 aromatic rings. The quantitative estimate of drug-likeness (QED) is 0.568. The summed E-state index contributed by atoms with van der Waals surface area (Å²) >= 11 is 0. The van der Waals surface area contributed by atoms with Crippen LogP contribution in [0.4, 0.5) is 5.69 Å². The first-order valence-electron chi connectivity index (χ1n) is 5.63. The maximum Gasteiger partial charge on any atom is 0.166 e. The molecule has 2 heteroatoms. The SMILES string of the molecule is C#CCCCN1CCC(=O)c2ccccc21. The molecule has 2 nitrogen and oxygen atoms in total. The molecule has 16 heavy (non-hydrogen) atoms. The van der Waals surface area contributed by atoms with Crippen LogP contribution < -0.4 is 4.90 Å². The van der Waals surface area contributed by atoms with Gasteiger partial charge in [0.25, 0.3) is 0 Å². The normalized spacial score (nSPS) is 14.4. The smallest absolute Gasteiger partial charge is 0.166 e. The molecule has 0 aromatic heterocycles. The van der Waals surface area contributed by atoms with Crippen LogP contribution in [-0.4, -0.2) is 18.9 Å². The Morgan fingerprint density at radius 3 is 3.00 bits per heavy atom. The first-order valence-corrected chi connectivity index (χ1v) is 5.63. The fraction of sp³-hybridized carbons (Fsp3) is 0.357. The van der Waals surface area contributed by atoms with Crippen LogP contribution in [0, 0.1) is 12.3 Å². The standard InChI is InChI=1S/C14H15NO/c1-2-3-6-10-15-11-9-14(16)12-7-4-5-8-13(12)15/h1,4-5,7-8H,3,6,9-11H2. The highest BCUT2D eigenvalue weighted by atomic mass is 16.1. The molecule has 0 saturated carbocycles. The van der Waals surface area contributed by atoms with Crippen LogP contribution in [0.1, 0.15) is 29.6 Å². The molecular weight excluding hydrogens is 198 g/mol. The maximum atomic E-state index is 11.7. The van der Waals surface area contributed by atoms with Gasteiger partial charge in [-0.3, -0.25) is 4.79 Å². The number of anilines is 1. The third kappa shape index (κ3) is 2.09. The molecule has 0 unspecified atom stereocenters. The fourth-order valence-electron chi connectivity index (χ4n) is 2.08. The van der Waals surface area contributed by atoms with E-state index in [1.165, 1.54) is 0 Å². The maximum absolute atomic E-state index is 11.7. The second kappa shape index (κ2) is 4.85. The Bertz CT molecular complexity index is 431. The first-order chi connectivity index (χ1) is 7.83. The Labute approximate surface area is 96.3 Å². The van der Waals surface area contributed by atoms with Crippen LogP contribution in [0.25, 0.3) is 0 Å². The molecule has 82 valence electrons. The molecule has 0 N–H and O–H groups in total. The van der Waals surface area contributed by atoms with E-state index in [9.17, 15) is 4.79 Å². The van der Waals surface area contributed by atoms with Gasteiger partial charge in [-0.25, -0.2) is 0 Å². The number of carbonyl (C=O) groups is 1. The predicted octanol–water partition coefficient (Wildman–Crippen LogP) is 2.49. The minimum Gasteiger partial charge on any atom is -0.370 e. The molecular formula is C14H15NO. The molecule has 0 radical (unpaired) electrons. The molecule has 1 aliphatic rings. The Hall–Kier alpha value is -1.75. The molecule has 0 spiro atoms. The minimum absolute atomic E-state index is 0.254. The van der Waals surface area contributed by atoms with Gasteiger partial charge in [0.2, 0.25) is 0 Å². The van der Waals surface area contributed by atoms with Crippen LogP contribution in [0.15, 0.2) is 24.3 Å². The van der Waals surface area contributed by atoms with Crippen molar-refractivity contribution in [1.29, 1.82) is 0 Å². The van der Waals surface area contributed by atoms with Crippen molar-refractivity contribution in [3.05, 3.63) is 29.8 Å². The zero-order chi connectivity index (χ0) is 11.4. The number of hydrogen-bond acceptors (Lipinski definition) is 2. The summed E-state index contributed by atoms with van der Waals surface area (Å²) in [5, 5.41) is 0. The molecule has 1 heterocycles. The lowest BCUT2D eigenvalue weighted by Crippen LogP contribution is -2.32. The summed E-state index contributed by atoms with van der Waals surface area (Å²) in [6.45, 7) is 1.76. The highest BCUT2D eigenvalue weighted by Gasteiger charge is 2.21. The van der Waals surface area contributed by atoms with Crippen molar-refractivity contribution in [3.8, 4) is 12.3 Å². The number of carbonyl (C=O) groups excluding carboxylic acids is 1. The summed E-state index contributed by atoms with van der Waals surface area (Å²) in [7, 11) is 0. The third-order valence-electron chi connectivity index (χ3n) is 2.90. The lowest BCUT2D eigenvalue weighted by atomic mass is 10.0. The average Bonchev–Trinajstić information content (AvgIpc) is 2.33. The van der Waals surface area contributed by atoms with E-state index in [4.69, 9.17) is 6.42 Å². The van der Waals surface area contributed by atoms with Crippen molar-refractivity contribution < 1.29 is 4.79 Å². The number of rotatable bonds is 3. The van der Waals surface area contributed by atoms with Crippen LogP contribution in [-0.2, 0) is 0 Å². The van der Waals surface area contributed by atoms with Crippen molar-refractivity contribution in [2.45, 2.75) is 19.3 Å². The summed E-state index contributed by atoms with van der Waals surface area (Å²) in [5.74, 6) is 2.90. The number of unbranched alkanes of at least 4 members (excludes halogenated alkanes) is 1. The number of fused-ring (bicyclic) bond motifs is 1. The van der Waals surface area contributed by atoms with Gasteiger partial charge in [0.05, 0.1) is 0 Å². The van der Waals surface area contributed by atoms with E-state index < -0.39 is 0 Å². The minimum atomic E-state index is 0.254. The largest absolute Gasteiger partial charge is 0.370 e. The molecule has 0 atom stereocenters. The highest BCUT2D eigenvalue weighted by Crippen LogP contribution is 2.26. The molecule has 0 bridgehead atoms. The van der Waals surface area contributed by atoms with Crippen LogP contribution >= 0.6 is 0 Å². The van der Waals surface area contributed by atoms with Gasteiger partial charge in [-0.15, -0.1) is 12.3 Å². The Morgan fingerprint density at radius 2 is 2.19 bits per heavy atom. The molecule has 0 saturated heterocycles. The van der Waals surface area contributed by atoms with Crippen molar-refractivity contribution in [3.63, 3.8) is 0 Å². The molecule has 2 rings (SSSR count). The molecule has 1 aliphatic heterocycles. The van der Waals surface area contributed by atoms with Gasteiger partial charge in [0, 0.05) is 37.2 Å². The zero-order valence-electron chi connectivity index (χ0n) is 9.28. The van der Waals surface area contributed by atoms with Crippen molar-refractivity contribution in [1.82, 2.24) is 0 Å². The van der Waals surface area contributed by atoms with Gasteiger partial charge in [-0.1, -0.05) is 12.1 Å². The van der Waals surface area contributed by atoms with E-state index in [0.717, 1.165) is 37.2 Å². The van der Waals surface area contributed by atoms with E-state index in [2.05, 4.69) is 10.8 Å². The average molecular weight is 213 g/mol. The number of nitrogens with zero attached hydrogens (tertiary/aromatic N) is 1. The summed E-state index contributed by atoms with van der Waals surface area (Å²) in [6, 6.07) is 7.82. The van der Waals surface area contributed by atoms with Crippen molar-refractivity contribution in [2.75, 3.05) is 18.0 Å². The van der Waals surface area contributed by atoms with Crippen LogP contribution in [0.2, 0.25) is 0 Å². The second-order valence-corrected chi connectivity index (χ2v) is 3.99.